The van der Waals surface area contributed by atoms with E-state index in [0.717, 1.165) is 18.4 Å². The van der Waals surface area contributed by atoms with E-state index in [9.17, 15) is 9.59 Å². The minimum absolute atomic E-state index is 0.0281. The molecule has 114 valence electrons. The zero-order valence-corrected chi connectivity index (χ0v) is 12.0. The summed E-state index contributed by atoms with van der Waals surface area (Å²) in [6.45, 7) is 1.50. The first-order chi connectivity index (χ1) is 10.6. The molecule has 22 heavy (non-hydrogen) atoms. The van der Waals surface area contributed by atoms with E-state index in [1.807, 2.05) is 0 Å². The smallest absolute Gasteiger partial charge is 0.326 e. The molecule has 7 heteroatoms. The Hall–Kier alpha value is -2.70. The average Bonchev–Trinajstić information content (AvgIpc) is 3.23. The van der Waals surface area contributed by atoms with E-state index in [1.165, 1.54) is 17.9 Å². The Morgan fingerprint density at radius 2 is 2.05 bits per heavy atom. The molecule has 1 atom stereocenters. The Balaban J connectivity index is 1.85. The van der Waals surface area contributed by atoms with E-state index >= 15 is 0 Å². The summed E-state index contributed by atoms with van der Waals surface area (Å²) in [7, 11) is 0. The van der Waals surface area contributed by atoms with E-state index in [0.29, 0.717) is 5.76 Å². The maximum atomic E-state index is 12.5. The summed E-state index contributed by atoms with van der Waals surface area (Å²) in [4.78, 5) is 29.0. The molecule has 0 aromatic carbocycles. The molecule has 1 amide bonds. The number of amides is 1. The maximum Gasteiger partial charge on any atom is 0.326 e. The molecule has 0 aliphatic heterocycles. The molecule has 2 aromatic heterocycles. The van der Waals surface area contributed by atoms with E-state index in [4.69, 9.17) is 9.63 Å². The third-order valence-electron chi connectivity index (χ3n) is 3.64. The van der Waals surface area contributed by atoms with Crippen molar-refractivity contribution in [2.75, 3.05) is 0 Å². The molecule has 7 nitrogen and oxygen atoms in total. The van der Waals surface area contributed by atoms with Gasteiger partial charge in [0.2, 0.25) is 0 Å². The largest absolute Gasteiger partial charge is 0.480 e. The highest BCUT2D eigenvalue weighted by atomic mass is 16.5. The molecule has 2 aromatic rings. The first-order valence-electron chi connectivity index (χ1n) is 7.00. The van der Waals surface area contributed by atoms with Crippen molar-refractivity contribution in [1.82, 2.24) is 15.0 Å². The van der Waals surface area contributed by atoms with E-state index in [2.05, 4.69) is 10.1 Å². The molecule has 1 N–H and O–H groups in total. The van der Waals surface area contributed by atoms with Crippen molar-refractivity contribution < 1.29 is 19.2 Å². The number of carbonyl (C=O) groups excluding carboxylic acids is 1. The SMILES string of the molecule is CC(C(=O)O)N(C(=O)c1cc(-c2ccncc2)on1)C1CC1. The fraction of sp³-hybridized carbons (Fsp3) is 0.333. The van der Waals surface area contributed by atoms with Crippen molar-refractivity contribution in [2.24, 2.45) is 0 Å². The second-order valence-corrected chi connectivity index (χ2v) is 5.27. The summed E-state index contributed by atoms with van der Waals surface area (Å²) in [5, 5.41) is 12.9. The van der Waals surface area contributed by atoms with Gasteiger partial charge in [0.15, 0.2) is 11.5 Å². The van der Waals surface area contributed by atoms with Crippen molar-refractivity contribution in [3.8, 4) is 11.3 Å². The predicted octanol–water partition coefficient (Wildman–Crippen LogP) is 1.81. The zero-order chi connectivity index (χ0) is 15.7. The van der Waals surface area contributed by atoms with Crippen LogP contribution in [0.5, 0.6) is 0 Å². The Morgan fingerprint density at radius 1 is 1.36 bits per heavy atom. The van der Waals surface area contributed by atoms with Crippen molar-refractivity contribution in [1.29, 1.82) is 0 Å². The van der Waals surface area contributed by atoms with Crippen LogP contribution in [0, 0.1) is 0 Å². The van der Waals surface area contributed by atoms with Gasteiger partial charge in [-0.3, -0.25) is 9.78 Å². The van der Waals surface area contributed by atoms with Crippen LogP contribution in [0.4, 0.5) is 0 Å². The predicted molar refractivity (Wildman–Crippen MR) is 76.0 cm³/mol. The Bertz CT molecular complexity index is 694. The summed E-state index contributed by atoms with van der Waals surface area (Å²) < 4.78 is 5.19. The number of carbonyl (C=O) groups is 2. The van der Waals surface area contributed by atoms with Gasteiger partial charge >= 0.3 is 5.97 Å². The van der Waals surface area contributed by atoms with Crippen molar-refractivity contribution in [3.63, 3.8) is 0 Å². The standard InChI is InChI=1S/C15H15N3O4/c1-9(15(20)21)18(11-2-3-11)14(19)12-8-13(22-17-12)10-4-6-16-7-5-10/h4-9,11H,2-3H2,1H3,(H,20,21). The first kappa shape index (κ1) is 14.2. The fourth-order valence-electron chi connectivity index (χ4n) is 2.29. The number of pyridine rings is 1. The van der Waals surface area contributed by atoms with Crippen LogP contribution in [0.15, 0.2) is 35.1 Å². The minimum Gasteiger partial charge on any atom is -0.480 e. The first-order valence-corrected chi connectivity index (χ1v) is 7.00. The van der Waals surface area contributed by atoms with Gasteiger partial charge in [-0.25, -0.2) is 4.79 Å². The Morgan fingerprint density at radius 3 is 2.64 bits per heavy atom. The van der Waals surface area contributed by atoms with E-state index in [1.54, 1.807) is 24.5 Å². The molecule has 1 aliphatic rings. The Kier molecular flexibility index (Phi) is 3.62. The monoisotopic (exact) mass is 301 g/mol. The lowest BCUT2D eigenvalue weighted by Gasteiger charge is -2.25. The topological polar surface area (TPSA) is 96.5 Å². The molecule has 1 aliphatic carbocycles. The molecule has 1 fully saturated rings. The molecule has 0 radical (unpaired) electrons. The van der Waals surface area contributed by atoms with Crippen molar-refractivity contribution in [3.05, 3.63) is 36.3 Å². The lowest BCUT2D eigenvalue weighted by molar-refractivity contribution is -0.141. The molecule has 0 saturated heterocycles. The summed E-state index contributed by atoms with van der Waals surface area (Å²) >= 11 is 0. The molecule has 0 spiro atoms. The highest BCUT2D eigenvalue weighted by Gasteiger charge is 2.39. The van der Waals surface area contributed by atoms with Crippen LogP contribution < -0.4 is 0 Å². The van der Waals surface area contributed by atoms with Gasteiger partial charge in [0.25, 0.3) is 5.91 Å². The molecule has 1 saturated carbocycles. The minimum atomic E-state index is -1.03. The van der Waals surface area contributed by atoms with Crippen molar-refractivity contribution >= 4 is 11.9 Å². The summed E-state index contributed by atoms with van der Waals surface area (Å²) in [6.07, 6.45) is 4.86. The van der Waals surface area contributed by atoms with Crippen LogP contribution in [0.1, 0.15) is 30.3 Å². The van der Waals surface area contributed by atoms with Crippen LogP contribution >= 0.6 is 0 Å². The van der Waals surface area contributed by atoms with Crippen LogP contribution in [-0.4, -0.2) is 44.1 Å². The highest BCUT2D eigenvalue weighted by molar-refractivity contribution is 5.96. The van der Waals surface area contributed by atoms with Gasteiger partial charge in [-0.05, 0) is 31.9 Å². The van der Waals surface area contributed by atoms with Gasteiger partial charge in [0.1, 0.15) is 6.04 Å². The van der Waals surface area contributed by atoms with Gasteiger partial charge in [-0.1, -0.05) is 5.16 Å². The summed E-state index contributed by atoms with van der Waals surface area (Å²) in [6, 6.07) is 4.10. The van der Waals surface area contributed by atoms with Crippen LogP contribution in [-0.2, 0) is 4.79 Å². The third kappa shape index (κ3) is 2.69. The number of rotatable bonds is 5. The van der Waals surface area contributed by atoms with Gasteiger partial charge in [-0.2, -0.15) is 0 Å². The lowest BCUT2D eigenvalue weighted by Crippen LogP contribution is -2.44. The Labute approximate surface area is 126 Å². The van der Waals surface area contributed by atoms with Gasteiger partial charge in [0.05, 0.1) is 0 Å². The van der Waals surface area contributed by atoms with E-state index < -0.39 is 17.9 Å². The molecular weight excluding hydrogens is 286 g/mol. The second-order valence-electron chi connectivity index (χ2n) is 5.27. The third-order valence-corrected chi connectivity index (χ3v) is 3.64. The molecular formula is C15H15N3O4. The van der Waals surface area contributed by atoms with E-state index in [-0.39, 0.29) is 11.7 Å². The number of aliphatic carboxylic acids is 1. The van der Waals surface area contributed by atoms with Gasteiger partial charge in [0, 0.05) is 30.1 Å². The highest BCUT2D eigenvalue weighted by Crippen LogP contribution is 2.30. The number of hydrogen-bond donors (Lipinski definition) is 1. The number of hydrogen-bond acceptors (Lipinski definition) is 5. The summed E-state index contributed by atoms with van der Waals surface area (Å²) in [5.74, 6) is -0.996. The van der Waals surface area contributed by atoms with Crippen LogP contribution in [0.3, 0.4) is 0 Å². The van der Waals surface area contributed by atoms with Crippen LogP contribution in [0.2, 0.25) is 0 Å². The zero-order valence-electron chi connectivity index (χ0n) is 12.0. The second kappa shape index (κ2) is 5.59. The number of carboxylic acid groups (broad SMARTS) is 1. The molecule has 1 unspecified atom stereocenters. The maximum absolute atomic E-state index is 12.5. The van der Waals surface area contributed by atoms with Crippen LogP contribution in [0.25, 0.3) is 11.3 Å². The van der Waals surface area contributed by atoms with Gasteiger partial charge < -0.3 is 14.5 Å². The quantitative estimate of drug-likeness (QED) is 0.904. The average molecular weight is 301 g/mol. The number of nitrogens with zero attached hydrogens (tertiary/aromatic N) is 3. The molecule has 3 rings (SSSR count). The lowest BCUT2D eigenvalue weighted by atomic mass is 10.2. The normalized spacial score (nSPS) is 15.3. The number of aromatic nitrogens is 2. The van der Waals surface area contributed by atoms with Crippen molar-refractivity contribution in [2.45, 2.75) is 31.8 Å². The fourth-order valence-corrected chi connectivity index (χ4v) is 2.29. The molecule has 2 heterocycles. The molecule has 0 bridgehead atoms. The summed E-state index contributed by atoms with van der Waals surface area (Å²) in [5.41, 5.74) is 0.873. The van der Waals surface area contributed by atoms with Gasteiger partial charge in [-0.15, -0.1) is 0 Å². The number of carboxylic acids is 1.